The van der Waals surface area contributed by atoms with Gasteiger partial charge >= 0.3 is 0 Å². The summed E-state index contributed by atoms with van der Waals surface area (Å²) in [6.07, 6.45) is 2.75. The van der Waals surface area contributed by atoms with Crippen LogP contribution in [0.1, 0.15) is 34.7 Å². The van der Waals surface area contributed by atoms with Crippen molar-refractivity contribution < 1.29 is 5.11 Å². The number of fused-ring (bicyclic) bond motifs is 1. The van der Waals surface area contributed by atoms with Crippen molar-refractivity contribution in [2.45, 2.75) is 31.8 Å². The van der Waals surface area contributed by atoms with Crippen LogP contribution >= 0.6 is 0 Å². The van der Waals surface area contributed by atoms with Crippen LogP contribution in [0, 0.1) is 0 Å². The molecule has 0 bridgehead atoms. The first kappa shape index (κ1) is 12.9. The number of aliphatic hydroxyl groups is 1. The molecular weight excluding hydrogens is 252 g/mol. The van der Waals surface area contributed by atoms with E-state index in [4.69, 9.17) is 16.6 Å². The van der Waals surface area contributed by atoms with Gasteiger partial charge in [-0.2, -0.15) is 4.98 Å². The van der Waals surface area contributed by atoms with Crippen molar-refractivity contribution in [1.82, 2.24) is 9.97 Å². The van der Waals surface area contributed by atoms with Gasteiger partial charge in [-0.3, -0.25) is 0 Å². The zero-order chi connectivity index (χ0) is 14.1. The Labute approximate surface area is 117 Å². The summed E-state index contributed by atoms with van der Waals surface area (Å²) in [6, 6.07) is 8.09. The number of aryl methyl sites for hydroxylation is 1. The molecule has 1 heterocycles. The molecule has 0 amide bonds. The third kappa shape index (κ3) is 2.32. The Morgan fingerprint density at radius 2 is 1.90 bits per heavy atom. The highest BCUT2D eigenvalue weighted by Crippen LogP contribution is 2.34. The molecule has 0 saturated carbocycles. The molecular formula is C15H18N4O. The SMILES string of the molecule is Nc1nc(N)c2c(n1)CCC(c1ccc(CO)cc1)C2. The van der Waals surface area contributed by atoms with Gasteiger partial charge in [0.05, 0.1) is 12.3 Å². The van der Waals surface area contributed by atoms with Gasteiger partial charge in [0, 0.05) is 5.56 Å². The molecule has 5 heteroatoms. The van der Waals surface area contributed by atoms with Crippen molar-refractivity contribution in [2.75, 3.05) is 11.5 Å². The fourth-order valence-electron chi connectivity index (χ4n) is 2.84. The van der Waals surface area contributed by atoms with Gasteiger partial charge in [0.25, 0.3) is 0 Å². The van der Waals surface area contributed by atoms with Gasteiger partial charge in [0.15, 0.2) is 0 Å². The largest absolute Gasteiger partial charge is 0.392 e. The third-order valence-electron chi connectivity index (χ3n) is 3.96. The molecule has 20 heavy (non-hydrogen) atoms. The highest BCUT2D eigenvalue weighted by Gasteiger charge is 2.24. The second kappa shape index (κ2) is 5.09. The smallest absolute Gasteiger partial charge is 0.222 e. The van der Waals surface area contributed by atoms with Crippen LogP contribution in [0.2, 0.25) is 0 Å². The molecule has 104 valence electrons. The number of benzene rings is 1. The quantitative estimate of drug-likeness (QED) is 0.766. The number of nitrogen functional groups attached to an aromatic ring is 2. The lowest BCUT2D eigenvalue weighted by molar-refractivity contribution is 0.282. The molecule has 5 nitrogen and oxygen atoms in total. The van der Waals surface area contributed by atoms with Crippen molar-refractivity contribution in [2.24, 2.45) is 0 Å². The van der Waals surface area contributed by atoms with Crippen LogP contribution in [0.25, 0.3) is 0 Å². The number of rotatable bonds is 2. The van der Waals surface area contributed by atoms with Gasteiger partial charge in [-0.05, 0) is 36.3 Å². The Bertz CT molecular complexity index is 625. The average molecular weight is 270 g/mol. The molecule has 0 aliphatic heterocycles. The van der Waals surface area contributed by atoms with E-state index in [1.807, 2.05) is 12.1 Å². The molecule has 3 rings (SSSR count). The number of nitrogens with zero attached hydrogens (tertiary/aromatic N) is 2. The van der Waals surface area contributed by atoms with Crippen molar-refractivity contribution >= 4 is 11.8 Å². The summed E-state index contributed by atoms with van der Waals surface area (Å²) in [7, 11) is 0. The molecule has 0 fully saturated rings. The molecule has 1 aromatic heterocycles. The first-order chi connectivity index (χ1) is 9.67. The summed E-state index contributed by atoms with van der Waals surface area (Å²) in [4.78, 5) is 8.34. The summed E-state index contributed by atoms with van der Waals surface area (Å²) in [5.41, 5.74) is 15.8. The highest BCUT2D eigenvalue weighted by molar-refractivity contribution is 5.48. The summed E-state index contributed by atoms with van der Waals surface area (Å²) < 4.78 is 0. The van der Waals surface area contributed by atoms with Crippen LogP contribution in [-0.2, 0) is 19.4 Å². The molecule has 1 aliphatic carbocycles. The van der Waals surface area contributed by atoms with E-state index in [2.05, 4.69) is 22.1 Å². The number of aliphatic hydroxyl groups excluding tert-OH is 1. The average Bonchev–Trinajstić information content (AvgIpc) is 2.47. The maximum absolute atomic E-state index is 9.09. The van der Waals surface area contributed by atoms with Gasteiger partial charge in [-0.15, -0.1) is 0 Å². The van der Waals surface area contributed by atoms with Crippen LogP contribution in [-0.4, -0.2) is 15.1 Å². The fourth-order valence-corrected chi connectivity index (χ4v) is 2.84. The monoisotopic (exact) mass is 270 g/mol. The topological polar surface area (TPSA) is 98.0 Å². The van der Waals surface area contributed by atoms with E-state index in [9.17, 15) is 0 Å². The van der Waals surface area contributed by atoms with E-state index in [1.54, 1.807) is 0 Å². The van der Waals surface area contributed by atoms with Crippen molar-refractivity contribution in [3.63, 3.8) is 0 Å². The summed E-state index contributed by atoms with van der Waals surface area (Å²) in [5.74, 6) is 1.18. The zero-order valence-electron chi connectivity index (χ0n) is 11.2. The lowest BCUT2D eigenvalue weighted by Gasteiger charge is -2.25. The van der Waals surface area contributed by atoms with E-state index in [-0.39, 0.29) is 12.6 Å². The van der Waals surface area contributed by atoms with Crippen LogP contribution in [0.3, 0.4) is 0 Å². The normalized spacial score (nSPS) is 17.8. The predicted molar refractivity (Wildman–Crippen MR) is 78.0 cm³/mol. The lowest BCUT2D eigenvalue weighted by Crippen LogP contribution is -2.18. The minimum atomic E-state index is 0.0772. The van der Waals surface area contributed by atoms with E-state index >= 15 is 0 Å². The standard InChI is InChI=1S/C15H18N4O/c16-14-12-7-11(5-6-13(12)18-15(17)19-14)10-3-1-9(8-20)2-4-10/h1-4,11,20H,5-8H2,(H4,16,17,18,19). The molecule has 5 N–H and O–H groups in total. The second-order valence-electron chi connectivity index (χ2n) is 5.23. The number of hydrogen-bond donors (Lipinski definition) is 3. The van der Waals surface area contributed by atoms with E-state index < -0.39 is 0 Å². The zero-order valence-corrected chi connectivity index (χ0v) is 11.2. The van der Waals surface area contributed by atoms with Crippen LogP contribution in [0.15, 0.2) is 24.3 Å². The van der Waals surface area contributed by atoms with Crippen LogP contribution in [0.4, 0.5) is 11.8 Å². The minimum absolute atomic E-state index is 0.0772. The second-order valence-corrected chi connectivity index (χ2v) is 5.23. The lowest BCUT2D eigenvalue weighted by atomic mass is 9.82. The Kier molecular flexibility index (Phi) is 3.28. The summed E-state index contributed by atoms with van der Waals surface area (Å²) in [6.45, 7) is 0.0772. The molecule has 0 saturated heterocycles. The van der Waals surface area contributed by atoms with E-state index in [1.165, 1.54) is 5.56 Å². The molecule has 0 spiro atoms. The number of anilines is 2. The third-order valence-corrected chi connectivity index (χ3v) is 3.96. The number of nitrogens with two attached hydrogens (primary N) is 2. The Hall–Kier alpha value is -2.14. The molecule has 1 unspecified atom stereocenters. The number of hydrogen-bond acceptors (Lipinski definition) is 5. The van der Waals surface area contributed by atoms with Gasteiger partial charge in [0.1, 0.15) is 5.82 Å². The maximum Gasteiger partial charge on any atom is 0.222 e. The van der Waals surface area contributed by atoms with Crippen LogP contribution < -0.4 is 11.5 Å². The fraction of sp³-hybridized carbons (Fsp3) is 0.333. The molecule has 1 aliphatic rings. The first-order valence-corrected chi connectivity index (χ1v) is 6.78. The maximum atomic E-state index is 9.09. The molecule has 1 atom stereocenters. The number of aromatic nitrogens is 2. The highest BCUT2D eigenvalue weighted by atomic mass is 16.3. The van der Waals surface area contributed by atoms with Crippen LogP contribution in [0.5, 0.6) is 0 Å². The summed E-state index contributed by atoms with van der Waals surface area (Å²) >= 11 is 0. The van der Waals surface area contributed by atoms with Gasteiger partial charge < -0.3 is 16.6 Å². The molecule has 1 aromatic carbocycles. The Morgan fingerprint density at radius 1 is 1.15 bits per heavy atom. The first-order valence-electron chi connectivity index (χ1n) is 6.78. The van der Waals surface area contributed by atoms with Gasteiger partial charge in [0.2, 0.25) is 5.95 Å². The molecule has 0 radical (unpaired) electrons. The van der Waals surface area contributed by atoms with Gasteiger partial charge in [-0.1, -0.05) is 24.3 Å². The van der Waals surface area contributed by atoms with E-state index in [0.29, 0.717) is 11.7 Å². The van der Waals surface area contributed by atoms with Gasteiger partial charge in [-0.25, -0.2) is 4.98 Å². The summed E-state index contributed by atoms with van der Waals surface area (Å²) in [5, 5.41) is 9.09. The van der Waals surface area contributed by atoms with Crippen molar-refractivity contribution in [3.8, 4) is 0 Å². The predicted octanol–water partition coefficient (Wildman–Crippen LogP) is 1.41. The Balaban J connectivity index is 1.87. The van der Waals surface area contributed by atoms with E-state index in [0.717, 1.165) is 36.1 Å². The Morgan fingerprint density at radius 3 is 2.60 bits per heavy atom. The van der Waals surface area contributed by atoms with Crippen molar-refractivity contribution in [3.05, 3.63) is 46.6 Å². The minimum Gasteiger partial charge on any atom is -0.392 e. The van der Waals surface area contributed by atoms with Crippen molar-refractivity contribution in [1.29, 1.82) is 0 Å². The molecule has 2 aromatic rings.